The van der Waals surface area contributed by atoms with Gasteiger partial charge in [0.2, 0.25) is 11.7 Å². The van der Waals surface area contributed by atoms with Crippen LogP contribution in [0.1, 0.15) is 31.4 Å². The lowest BCUT2D eigenvalue weighted by Gasteiger charge is -2.35. The molecule has 4 heterocycles. The van der Waals surface area contributed by atoms with Crippen molar-refractivity contribution in [1.29, 1.82) is 0 Å². The topological polar surface area (TPSA) is 113 Å². The summed E-state index contributed by atoms with van der Waals surface area (Å²) in [5.41, 5.74) is 2.53. The van der Waals surface area contributed by atoms with Crippen molar-refractivity contribution in [2.45, 2.75) is 26.7 Å². The zero-order valence-electron chi connectivity index (χ0n) is 20.2. The summed E-state index contributed by atoms with van der Waals surface area (Å²) in [6.07, 6.45) is 1.74. The summed E-state index contributed by atoms with van der Waals surface area (Å²) in [6.45, 7) is 8.16. The molecule has 0 unspecified atom stereocenters. The molecule has 1 N–H and O–H groups in total. The van der Waals surface area contributed by atoms with Crippen LogP contribution in [0.15, 0.2) is 51.6 Å². The van der Waals surface area contributed by atoms with Gasteiger partial charge in [-0.05, 0) is 25.1 Å². The third-order valence-electron chi connectivity index (χ3n) is 6.06. The number of hydrogen-bond acceptors (Lipinski definition) is 8. The van der Waals surface area contributed by atoms with Gasteiger partial charge in [-0.1, -0.05) is 54.0 Å². The molecule has 5 rings (SSSR count). The minimum Gasteiger partial charge on any atom is -0.359 e. The maximum Gasteiger partial charge on any atom is 0.322 e. The van der Waals surface area contributed by atoms with E-state index >= 15 is 0 Å². The van der Waals surface area contributed by atoms with Crippen molar-refractivity contribution in [3.8, 4) is 22.6 Å². The Kier molecular flexibility index (Phi) is 6.60. The number of piperazine rings is 1. The minimum atomic E-state index is -0.212. The maximum absolute atomic E-state index is 13.0. The van der Waals surface area contributed by atoms with Crippen molar-refractivity contribution < 1.29 is 13.8 Å². The van der Waals surface area contributed by atoms with Crippen LogP contribution in [0.25, 0.3) is 22.6 Å². The Balaban J connectivity index is 1.21. The summed E-state index contributed by atoms with van der Waals surface area (Å²) in [6, 6.07) is 11.0. The van der Waals surface area contributed by atoms with Gasteiger partial charge < -0.3 is 24.2 Å². The molecule has 36 heavy (non-hydrogen) atoms. The summed E-state index contributed by atoms with van der Waals surface area (Å²) in [4.78, 5) is 25.9. The quantitative estimate of drug-likeness (QED) is 0.391. The first-order chi connectivity index (χ1) is 17.4. The molecule has 1 aliphatic heterocycles. The van der Waals surface area contributed by atoms with Gasteiger partial charge in [-0.15, -0.1) is 0 Å². The molecule has 4 aromatic rings. The number of nitrogens with one attached hydrogen (secondary N) is 1. The van der Waals surface area contributed by atoms with Gasteiger partial charge in [-0.2, -0.15) is 4.98 Å². The van der Waals surface area contributed by atoms with Gasteiger partial charge in [0.15, 0.2) is 5.76 Å². The number of carbonyl (C=O) groups is 1. The van der Waals surface area contributed by atoms with Crippen LogP contribution in [0, 0.1) is 6.92 Å². The molecule has 0 saturated carbocycles. The van der Waals surface area contributed by atoms with E-state index in [1.807, 2.05) is 44.2 Å². The molecule has 0 bridgehead atoms. The molecule has 3 aromatic heterocycles. The fourth-order valence-corrected chi connectivity index (χ4v) is 4.20. The number of carbonyl (C=O) groups excluding carboxylic acids is 1. The van der Waals surface area contributed by atoms with E-state index in [1.54, 1.807) is 24.1 Å². The average molecular weight is 508 g/mol. The lowest BCUT2D eigenvalue weighted by atomic mass is 10.1. The molecule has 11 heteroatoms. The largest absolute Gasteiger partial charge is 0.359 e. The Bertz CT molecular complexity index is 1360. The maximum atomic E-state index is 13.0. The molecule has 1 aromatic carbocycles. The number of aryl methyl sites for hydroxylation is 1. The van der Waals surface area contributed by atoms with Crippen LogP contribution in [-0.2, 0) is 0 Å². The normalized spacial score (nSPS) is 13.9. The third kappa shape index (κ3) is 4.76. The Hall–Kier alpha value is -3.92. The third-order valence-corrected chi connectivity index (χ3v) is 6.39. The summed E-state index contributed by atoms with van der Waals surface area (Å²) < 4.78 is 10.6. The Morgan fingerprint density at radius 1 is 1.06 bits per heavy atom. The first-order valence-corrected chi connectivity index (χ1v) is 12.1. The average Bonchev–Trinajstić information content (AvgIpc) is 3.53. The number of aromatic nitrogens is 4. The Morgan fingerprint density at radius 2 is 1.83 bits per heavy atom. The van der Waals surface area contributed by atoms with E-state index in [0.717, 1.165) is 11.4 Å². The van der Waals surface area contributed by atoms with E-state index in [-0.39, 0.29) is 11.9 Å². The highest BCUT2D eigenvalue weighted by Crippen LogP contribution is 2.34. The molecule has 0 aliphatic carbocycles. The van der Waals surface area contributed by atoms with Crippen molar-refractivity contribution in [2.24, 2.45) is 0 Å². The molecule has 0 atom stereocenters. The van der Waals surface area contributed by atoms with Crippen LogP contribution in [0.5, 0.6) is 0 Å². The van der Waals surface area contributed by atoms with Crippen molar-refractivity contribution in [1.82, 2.24) is 25.2 Å². The van der Waals surface area contributed by atoms with Gasteiger partial charge >= 0.3 is 6.03 Å². The van der Waals surface area contributed by atoms with E-state index < -0.39 is 0 Å². The van der Waals surface area contributed by atoms with Crippen LogP contribution in [0.4, 0.5) is 16.3 Å². The van der Waals surface area contributed by atoms with Gasteiger partial charge in [0, 0.05) is 49.4 Å². The molecule has 1 fully saturated rings. The van der Waals surface area contributed by atoms with E-state index in [0.29, 0.717) is 65.6 Å². The second-order valence-corrected chi connectivity index (χ2v) is 9.27. The summed E-state index contributed by atoms with van der Waals surface area (Å²) in [5.74, 6) is 2.65. The van der Waals surface area contributed by atoms with E-state index in [4.69, 9.17) is 20.6 Å². The van der Waals surface area contributed by atoms with Crippen LogP contribution in [0.2, 0.25) is 5.02 Å². The van der Waals surface area contributed by atoms with Crippen LogP contribution in [-0.4, -0.2) is 57.4 Å². The van der Waals surface area contributed by atoms with Crippen LogP contribution in [0.3, 0.4) is 0 Å². The van der Waals surface area contributed by atoms with Gasteiger partial charge in [0.05, 0.1) is 5.02 Å². The monoisotopic (exact) mass is 507 g/mol. The molecule has 1 saturated heterocycles. The number of amides is 2. The van der Waals surface area contributed by atoms with Crippen LogP contribution >= 0.6 is 11.6 Å². The second-order valence-electron chi connectivity index (χ2n) is 8.86. The molecular weight excluding hydrogens is 482 g/mol. The summed E-state index contributed by atoms with van der Waals surface area (Å²) in [7, 11) is 0. The number of benzene rings is 1. The first kappa shape index (κ1) is 23.8. The number of pyridine rings is 1. The lowest BCUT2D eigenvalue weighted by molar-refractivity contribution is 0.208. The molecule has 1 aliphatic rings. The Morgan fingerprint density at radius 3 is 2.50 bits per heavy atom. The predicted octanol–water partition coefficient (Wildman–Crippen LogP) is 5.23. The molecule has 2 amide bonds. The number of urea groups is 1. The van der Waals surface area contributed by atoms with Crippen molar-refractivity contribution in [3.63, 3.8) is 0 Å². The SMILES string of the molecule is Cc1onc(-c2ccccc2Cl)c1NC(=O)N1CCN(c2ccc(-c3noc(C(C)C)n3)cn2)CC1. The standard InChI is InChI=1S/C25H26ClN7O3/c1-15(2)24-29-23(31-36-24)17-8-9-20(27-14-17)32-10-12-33(13-11-32)25(34)28-21-16(3)35-30-22(21)18-6-4-5-7-19(18)26/h4-9,14-15H,10-13H2,1-3H3,(H,28,34). The van der Waals surface area contributed by atoms with Crippen molar-refractivity contribution in [3.05, 3.63) is 59.3 Å². The van der Waals surface area contributed by atoms with Crippen LogP contribution < -0.4 is 10.2 Å². The fraction of sp³-hybridized carbons (Fsp3) is 0.320. The van der Waals surface area contributed by atoms with Gasteiger partial charge in [-0.3, -0.25) is 0 Å². The minimum absolute atomic E-state index is 0.170. The number of nitrogens with zero attached hydrogens (tertiary/aromatic N) is 6. The molecule has 186 valence electrons. The highest BCUT2D eigenvalue weighted by Gasteiger charge is 2.25. The molecule has 10 nitrogen and oxygen atoms in total. The van der Waals surface area contributed by atoms with E-state index in [2.05, 4.69) is 30.5 Å². The van der Waals surface area contributed by atoms with E-state index in [9.17, 15) is 4.79 Å². The summed E-state index contributed by atoms with van der Waals surface area (Å²) in [5, 5.41) is 11.6. The number of anilines is 2. The first-order valence-electron chi connectivity index (χ1n) is 11.7. The zero-order valence-corrected chi connectivity index (χ0v) is 21.0. The lowest BCUT2D eigenvalue weighted by Crippen LogP contribution is -2.50. The van der Waals surface area contributed by atoms with Gasteiger partial charge in [0.1, 0.15) is 17.2 Å². The van der Waals surface area contributed by atoms with Gasteiger partial charge in [0.25, 0.3) is 0 Å². The summed E-state index contributed by atoms with van der Waals surface area (Å²) >= 11 is 6.33. The predicted molar refractivity (Wildman–Crippen MR) is 136 cm³/mol. The second kappa shape index (κ2) is 9.98. The number of hydrogen-bond donors (Lipinski definition) is 1. The molecular formula is C25H26ClN7O3. The van der Waals surface area contributed by atoms with Gasteiger partial charge in [-0.25, -0.2) is 9.78 Å². The van der Waals surface area contributed by atoms with Crippen molar-refractivity contribution in [2.75, 3.05) is 36.4 Å². The van der Waals surface area contributed by atoms with E-state index in [1.165, 1.54) is 0 Å². The number of halogens is 1. The molecule has 0 spiro atoms. The zero-order chi connectivity index (χ0) is 25.2. The fourth-order valence-electron chi connectivity index (χ4n) is 3.97. The highest BCUT2D eigenvalue weighted by atomic mass is 35.5. The molecule has 0 radical (unpaired) electrons. The highest BCUT2D eigenvalue weighted by molar-refractivity contribution is 6.33. The number of rotatable bonds is 5. The smallest absolute Gasteiger partial charge is 0.322 e. The Labute approximate surface area is 213 Å². The van der Waals surface area contributed by atoms with Crippen molar-refractivity contribution >= 4 is 29.1 Å².